The Bertz CT molecular complexity index is 580. The Kier molecular flexibility index (Phi) is 1.78. The standard InChI is InChI=1S/C10H8N2O2S/c11-10-9-7(5-15-10)12-8(14-9)4-6-2-1-3-13-6/h1-3,5H,4,11H2. The number of thiophene rings is 1. The lowest BCUT2D eigenvalue weighted by Crippen LogP contribution is -1.84. The normalized spacial score (nSPS) is 11.2. The number of furan rings is 1. The number of oxazole rings is 1. The quantitative estimate of drug-likeness (QED) is 0.721. The van der Waals surface area contributed by atoms with Gasteiger partial charge in [-0.2, -0.15) is 0 Å². The molecular formula is C10H8N2O2S. The number of hydrogen-bond acceptors (Lipinski definition) is 5. The predicted octanol–water partition coefficient (Wildman–Crippen LogP) is 2.66. The zero-order valence-electron chi connectivity index (χ0n) is 7.77. The summed E-state index contributed by atoms with van der Waals surface area (Å²) in [7, 11) is 0. The van der Waals surface area contributed by atoms with Crippen molar-refractivity contribution in [2.45, 2.75) is 6.42 Å². The molecule has 4 nitrogen and oxygen atoms in total. The van der Waals surface area contributed by atoms with E-state index in [-0.39, 0.29) is 0 Å². The topological polar surface area (TPSA) is 65.2 Å². The molecule has 5 heteroatoms. The van der Waals surface area contributed by atoms with Crippen molar-refractivity contribution in [3.8, 4) is 0 Å². The number of nitrogens with zero attached hydrogens (tertiary/aromatic N) is 1. The lowest BCUT2D eigenvalue weighted by molar-refractivity contribution is 0.481. The first-order valence-corrected chi connectivity index (χ1v) is 5.35. The van der Waals surface area contributed by atoms with Crippen molar-refractivity contribution < 1.29 is 8.83 Å². The Hall–Kier alpha value is -1.75. The van der Waals surface area contributed by atoms with Crippen molar-refractivity contribution in [1.29, 1.82) is 0 Å². The van der Waals surface area contributed by atoms with Gasteiger partial charge in [-0.05, 0) is 12.1 Å². The average molecular weight is 220 g/mol. The van der Waals surface area contributed by atoms with E-state index >= 15 is 0 Å². The van der Waals surface area contributed by atoms with Gasteiger partial charge in [0.15, 0.2) is 5.58 Å². The van der Waals surface area contributed by atoms with Crippen LogP contribution in [0.1, 0.15) is 11.7 Å². The molecule has 0 saturated carbocycles. The van der Waals surface area contributed by atoms with Gasteiger partial charge in [0.25, 0.3) is 0 Å². The van der Waals surface area contributed by atoms with Crippen LogP contribution in [-0.2, 0) is 6.42 Å². The third-order valence-electron chi connectivity index (χ3n) is 2.12. The molecule has 15 heavy (non-hydrogen) atoms. The molecule has 0 aliphatic rings. The Labute approximate surface area is 89.3 Å². The molecule has 0 saturated heterocycles. The van der Waals surface area contributed by atoms with Crippen molar-refractivity contribution in [3.05, 3.63) is 35.4 Å². The van der Waals surface area contributed by atoms with Crippen LogP contribution in [0.15, 0.2) is 32.6 Å². The van der Waals surface area contributed by atoms with E-state index in [1.54, 1.807) is 6.26 Å². The van der Waals surface area contributed by atoms with Crippen molar-refractivity contribution in [3.63, 3.8) is 0 Å². The zero-order valence-corrected chi connectivity index (χ0v) is 8.58. The molecule has 2 N–H and O–H groups in total. The first kappa shape index (κ1) is 8.55. The molecule has 0 amide bonds. The van der Waals surface area contributed by atoms with Gasteiger partial charge in [0.05, 0.1) is 12.7 Å². The van der Waals surface area contributed by atoms with Gasteiger partial charge in [-0.15, -0.1) is 11.3 Å². The number of hydrogen-bond donors (Lipinski definition) is 1. The monoisotopic (exact) mass is 220 g/mol. The summed E-state index contributed by atoms with van der Waals surface area (Å²) in [5.41, 5.74) is 7.22. The summed E-state index contributed by atoms with van der Waals surface area (Å²) in [5, 5.41) is 2.56. The van der Waals surface area contributed by atoms with Crippen LogP contribution in [0.4, 0.5) is 5.00 Å². The smallest absolute Gasteiger partial charge is 0.203 e. The van der Waals surface area contributed by atoms with Crippen molar-refractivity contribution in [2.75, 3.05) is 5.73 Å². The van der Waals surface area contributed by atoms with E-state index in [1.165, 1.54) is 11.3 Å². The fourth-order valence-electron chi connectivity index (χ4n) is 1.45. The predicted molar refractivity (Wildman–Crippen MR) is 57.8 cm³/mol. The highest BCUT2D eigenvalue weighted by molar-refractivity contribution is 7.15. The molecule has 0 radical (unpaired) electrons. The van der Waals surface area contributed by atoms with Crippen LogP contribution in [0.5, 0.6) is 0 Å². The van der Waals surface area contributed by atoms with Crippen molar-refractivity contribution >= 4 is 27.4 Å². The summed E-state index contributed by atoms with van der Waals surface area (Å²) in [6.45, 7) is 0. The maximum Gasteiger partial charge on any atom is 0.203 e. The summed E-state index contributed by atoms with van der Waals surface area (Å²) < 4.78 is 10.7. The summed E-state index contributed by atoms with van der Waals surface area (Å²) in [4.78, 5) is 4.31. The largest absolute Gasteiger partial charge is 0.469 e. The molecule has 3 aromatic heterocycles. The number of anilines is 1. The van der Waals surface area contributed by atoms with Crippen molar-refractivity contribution in [2.24, 2.45) is 0 Å². The van der Waals surface area contributed by atoms with Crippen LogP contribution in [0.2, 0.25) is 0 Å². The van der Waals surface area contributed by atoms with Gasteiger partial charge in [0, 0.05) is 5.38 Å². The molecular weight excluding hydrogens is 212 g/mol. The third kappa shape index (κ3) is 1.41. The van der Waals surface area contributed by atoms with Crippen LogP contribution in [0.3, 0.4) is 0 Å². The number of aromatic nitrogens is 1. The Morgan fingerprint density at radius 2 is 2.40 bits per heavy atom. The summed E-state index contributed by atoms with van der Waals surface area (Å²) >= 11 is 1.44. The second-order valence-electron chi connectivity index (χ2n) is 3.18. The van der Waals surface area contributed by atoms with Gasteiger partial charge in [-0.3, -0.25) is 0 Å². The minimum atomic E-state index is 0.561. The van der Waals surface area contributed by atoms with Crippen LogP contribution in [0.25, 0.3) is 11.1 Å². The molecule has 0 aliphatic carbocycles. The fraction of sp³-hybridized carbons (Fsp3) is 0.100. The Morgan fingerprint density at radius 3 is 3.13 bits per heavy atom. The van der Waals surface area contributed by atoms with Crippen LogP contribution in [0, 0.1) is 0 Å². The van der Waals surface area contributed by atoms with Gasteiger partial charge < -0.3 is 14.6 Å². The van der Waals surface area contributed by atoms with E-state index in [0.717, 1.165) is 11.3 Å². The molecule has 76 valence electrons. The van der Waals surface area contributed by atoms with E-state index in [9.17, 15) is 0 Å². The van der Waals surface area contributed by atoms with E-state index in [0.29, 0.717) is 22.9 Å². The maximum absolute atomic E-state index is 5.72. The Balaban J connectivity index is 1.98. The average Bonchev–Trinajstić information content (AvgIpc) is 2.88. The van der Waals surface area contributed by atoms with E-state index in [1.807, 2.05) is 17.5 Å². The second-order valence-corrected chi connectivity index (χ2v) is 4.09. The lowest BCUT2D eigenvalue weighted by Gasteiger charge is -1.89. The molecule has 0 aliphatic heterocycles. The third-order valence-corrected chi connectivity index (χ3v) is 2.90. The summed E-state index contributed by atoms with van der Waals surface area (Å²) in [5.74, 6) is 1.47. The Morgan fingerprint density at radius 1 is 1.47 bits per heavy atom. The first-order chi connectivity index (χ1) is 7.33. The summed E-state index contributed by atoms with van der Waals surface area (Å²) in [6, 6.07) is 3.73. The highest BCUT2D eigenvalue weighted by atomic mass is 32.1. The maximum atomic E-state index is 5.72. The second kappa shape index (κ2) is 3.13. The zero-order chi connectivity index (χ0) is 10.3. The van der Waals surface area contributed by atoms with Crippen LogP contribution < -0.4 is 5.73 Å². The number of nitrogen functional groups attached to an aromatic ring is 1. The summed E-state index contributed by atoms with van der Waals surface area (Å²) in [6.07, 6.45) is 2.19. The molecule has 0 bridgehead atoms. The van der Waals surface area contributed by atoms with E-state index in [2.05, 4.69) is 4.98 Å². The number of nitrogens with two attached hydrogens (primary N) is 1. The molecule has 0 spiro atoms. The van der Waals surface area contributed by atoms with Gasteiger partial charge in [-0.25, -0.2) is 4.98 Å². The van der Waals surface area contributed by atoms with E-state index in [4.69, 9.17) is 14.6 Å². The number of rotatable bonds is 2. The lowest BCUT2D eigenvalue weighted by atomic mass is 10.3. The molecule has 0 unspecified atom stereocenters. The molecule has 3 heterocycles. The van der Waals surface area contributed by atoms with Gasteiger partial charge >= 0.3 is 0 Å². The fourth-order valence-corrected chi connectivity index (χ4v) is 2.10. The number of fused-ring (bicyclic) bond motifs is 1. The molecule has 3 aromatic rings. The highest BCUT2D eigenvalue weighted by Gasteiger charge is 2.11. The first-order valence-electron chi connectivity index (χ1n) is 4.47. The van der Waals surface area contributed by atoms with Gasteiger partial charge in [0.1, 0.15) is 16.3 Å². The van der Waals surface area contributed by atoms with Crippen LogP contribution >= 0.6 is 11.3 Å². The molecule has 0 fully saturated rings. The van der Waals surface area contributed by atoms with Crippen LogP contribution in [-0.4, -0.2) is 4.98 Å². The molecule has 0 aromatic carbocycles. The minimum absolute atomic E-state index is 0.561. The van der Waals surface area contributed by atoms with E-state index < -0.39 is 0 Å². The minimum Gasteiger partial charge on any atom is -0.469 e. The SMILES string of the molecule is Nc1scc2nc(Cc3ccco3)oc12. The van der Waals surface area contributed by atoms with Gasteiger partial charge in [-0.1, -0.05) is 0 Å². The molecule has 3 rings (SSSR count). The molecule has 0 atom stereocenters. The highest BCUT2D eigenvalue weighted by Crippen LogP contribution is 2.29. The van der Waals surface area contributed by atoms with Crippen molar-refractivity contribution in [1.82, 2.24) is 4.98 Å². The van der Waals surface area contributed by atoms with Gasteiger partial charge in [0.2, 0.25) is 5.89 Å².